The van der Waals surface area contributed by atoms with E-state index in [-0.39, 0.29) is 17.0 Å². The molecular formula is C13H11BrN2S. The second kappa shape index (κ2) is 4.85. The van der Waals surface area contributed by atoms with Crippen molar-refractivity contribution in [3.8, 4) is 11.1 Å². The average molecular weight is 307 g/mol. The smallest absolute Gasteiger partial charge is 0.181 e. The number of thiazole rings is 1. The van der Waals surface area contributed by atoms with Crippen molar-refractivity contribution in [1.82, 2.24) is 4.98 Å². The molecule has 0 fully saturated rings. The molecule has 0 aliphatic carbocycles. The fourth-order valence-electron chi connectivity index (χ4n) is 1.75. The molecule has 2 nitrogen and oxygen atoms in total. The van der Waals surface area contributed by atoms with Crippen LogP contribution in [0.2, 0.25) is 0 Å². The van der Waals surface area contributed by atoms with Crippen LogP contribution in [-0.2, 0) is 0 Å². The van der Waals surface area contributed by atoms with Gasteiger partial charge in [-0.25, -0.2) is 4.98 Å². The summed E-state index contributed by atoms with van der Waals surface area (Å²) in [6, 6.07) is 16.5. The second-order valence-electron chi connectivity index (χ2n) is 3.60. The first-order valence-electron chi connectivity index (χ1n) is 5.04. The van der Waals surface area contributed by atoms with Crippen LogP contribution in [0.3, 0.4) is 0 Å². The van der Waals surface area contributed by atoms with Crippen molar-refractivity contribution in [3.63, 3.8) is 0 Å². The van der Waals surface area contributed by atoms with Crippen molar-refractivity contribution in [3.05, 3.63) is 48.5 Å². The maximum Gasteiger partial charge on any atom is 0.181 e. The van der Waals surface area contributed by atoms with Crippen LogP contribution in [0.5, 0.6) is 0 Å². The highest BCUT2D eigenvalue weighted by molar-refractivity contribution is 8.93. The predicted octanol–water partition coefficient (Wildman–Crippen LogP) is 4.12. The fourth-order valence-corrected chi connectivity index (χ4v) is 2.53. The topological polar surface area (TPSA) is 38.9 Å². The van der Waals surface area contributed by atoms with Gasteiger partial charge in [-0.15, -0.1) is 17.0 Å². The minimum Gasteiger partial charge on any atom is -0.375 e. The van der Waals surface area contributed by atoms with E-state index in [1.807, 2.05) is 24.3 Å². The molecule has 4 heteroatoms. The van der Waals surface area contributed by atoms with Gasteiger partial charge in [0.1, 0.15) is 0 Å². The van der Waals surface area contributed by atoms with Gasteiger partial charge in [0, 0.05) is 0 Å². The Balaban J connectivity index is 0.00000108. The van der Waals surface area contributed by atoms with E-state index in [0.717, 1.165) is 10.2 Å². The molecule has 0 unspecified atom stereocenters. The Bertz CT molecular complexity index is 634. The van der Waals surface area contributed by atoms with E-state index in [1.54, 1.807) is 0 Å². The number of rotatable bonds is 1. The highest BCUT2D eigenvalue weighted by atomic mass is 79.9. The number of hydrogen-bond donors (Lipinski definition) is 1. The third-order valence-corrected chi connectivity index (χ3v) is 3.36. The van der Waals surface area contributed by atoms with Gasteiger partial charge < -0.3 is 5.73 Å². The molecule has 2 aromatic carbocycles. The highest BCUT2D eigenvalue weighted by Crippen LogP contribution is 2.28. The van der Waals surface area contributed by atoms with Crippen molar-refractivity contribution in [1.29, 1.82) is 0 Å². The number of nitrogens with two attached hydrogens (primary N) is 1. The molecule has 0 bridgehead atoms. The summed E-state index contributed by atoms with van der Waals surface area (Å²) in [5.41, 5.74) is 9.09. The van der Waals surface area contributed by atoms with Crippen LogP contribution in [0.4, 0.5) is 5.13 Å². The lowest BCUT2D eigenvalue weighted by Gasteiger charge is -2.00. The Morgan fingerprint density at radius 1 is 0.941 bits per heavy atom. The predicted molar refractivity (Wildman–Crippen MR) is 79.8 cm³/mol. The molecule has 2 N–H and O–H groups in total. The molecule has 86 valence electrons. The van der Waals surface area contributed by atoms with Crippen molar-refractivity contribution in [2.45, 2.75) is 0 Å². The number of benzene rings is 2. The molecule has 0 aliphatic heterocycles. The first-order chi connectivity index (χ1) is 7.83. The average Bonchev–Trinajstić information content (AvgIpc) is 2.69. The summed E-state index contributed by atoms with van der Waals surface area (Å²) in [5, 5.41) is 0.625. The first-order valence-corrected chi connectivity index (χ1v) is 5.86. The number of aromatic nitrogens is 1. The lowest BCUT2D eigenvalue weighted by molar-refractivity contribution is 1.49. The van der Waals surface area contributed by atoms with Gasteiger partial charge in [-0.1, -0.05) is 47.7 Å². The summed E-state index contributed by atoms with van der Waals surface area (Å²) in [6.07, 6.45) is 0. The first kappa shape index (κ1) is 12.1. The fraction of sp³-hybridized carbons (Fsp3) is 0. The number of halogens is 1. The van der Waals surface area contributed by atoms with Gasteiger partial charge >= 0.3 is 0 Å². The van der Waals surface area contributed by atoms with Crippen LogP contribution >= 0.6 is 28.3 Å². The van der Waals surface area contributed by atoms with Gasteiger partial charge in [-0.3, -0.25) is 0 Å². The van der Waals surface area contributed by atoms with E-state index in [9.17, 15) is 0 Å². The zero-order valence-corrected chi connectivity index (χ0v) is 11.5. The molecule has 0 spiro atoms. The van der Waals surface area contributed by atoms with Gasteiger partial charge in [-0.05, 0) is 23.3 Å². The molecule has 1 heterocycles. The standard InChI is InChI=1S/C13H10N2S.BrH/c14-13-15-11-7-6-10(8-12(11)16-13)9-4-2-1-3-5-9;/h1-8H,(H2,14,15);1H. The van der Waals surface area contributed by atoms with Crippen LogP contribution in [0.25, 0.3) is 21.3 Å². The lowest BCUT2D eigenvalue weighted by atomic mass is 10.1. The van der Waals surface area contributed by atoms with Crippen LogP contribution in [0.15, 0.2) is 48.5 Å². The zero-order valence-electron chi connectivity index (χ0n) is 8.96. The second-order valence-corrected chi connectivity index (χ2v) is 4.66. The lowest BCUT2D eigenvalue weighted by Crippen LogP contribution is -1.79. The summed E-state index contributed by atoms with van der Waals surface area (Å²) < 4.78 is 1.14. The van der Waals surface area contributed by atoms with E-state index in [1.165, 1.54) is 22.5 Å². The van der Waals surface area contributed by atoms with Crippen LogP contribution in [-0.4, -0.2) is 4.98 Å². The number of anilines is 1. The summed E-state index contributed by atoms with van der Waals surface area (Å²) in [5.74, 6) is 0. The Hall–Kier alpha value is -1.39. The van der Waals surface area contributed by atoms with Gasteiger partial charge in [0.05, 0.1) is 10.2 Å². The molecule has 17 heavy (non-hydrogen) atoms. The summed E-state index contributed by atoms with van der Waals surface area (Å²) in [7, 11) is 0. The van der Waals surface area contributed by atoms with Crippen molar-refractivity contribution in [2.75, 3.05) is 5.73 Å². The zero-order chi connectivity index (χ0) is 11.0. The number of nitrogen functional groups attached to an aromatic ring is 1. The minimum absolute atomic E-state index is 0. The number of hydrogen-bond acceptors (Lipinski definition) is 3. The normalized spacial score (nSPS) is 10.1. The van der Waals surface area contributed by atoms with Crippen LogP contribution < -0.4 is 5.73 Å². The molecular weight excluding hydrogens is 296 g/mol. The molecule has 1 aromatic heterocycles. The summed E-state index contributed by atoms with van der Waals surface area (Å²) >= 11 is 1.53. The maximum atomic E-state index is 5.69. The quantitative estimate of drug-likeness (QED) is 0.734. The molecule has 0 aliphatic rings. The van der Waals surface area contributed by atoms with Crippen molar-refractivity contribution in [2.24, 2.45) is 0 Å². The molecule has 0 saturated carbocycles. The van der Waals surface area contributed by atoms with Gasteiger partial charge in [0.15, 0.2) is 5.13 Å². The SMILES string of the molecule is Br.Nc1nc2ccc(-c3ccccc3)cc2s1. The van der Waals surface area contributed by atoms with Crippen LogP contribution in [0, 0.1) is 0 Å². The number of nitrogens with zero attached hydrogens (tertiary/aromatic N) is 1. The van der Waals surface area contributed by atoms with Gasteiger partial charge in [0.2, 0.25) is 0 Å². The largest absolute Gasteiger partial charge is 0.375 e. The van der Waals surface area contributed by atoms with E-state index in [2.05, 4.69) is 29.2 Å². The molecule has 0 saturated heterocycles. The Kier molecular flexibility index (Phi) is 3.45. The summed E-state index contributed by atoms with van der Waals surface area (Å²) in [6.45, 7) is 0. The third kappa shape index (κ3) is 2.33. The molecule has 3 rings (SSSR count). The van der Waals surface area contributed by atoms with Gasteiger partial charge in [-0.2, -0.15) is 0 Å². The van der Waals surface area contributed by atoms with Gasteiger partial charge in [0.25, 0.3) is 0 Å². The van der Waals surface area contributed by atoms with E-state index in [4.69, 9.17) is 5.73 Å². The summed E-state index contributed by atoms with van der Waals surface area (Å²) in [4.78, 5) is 4.24. The van der Waals surface area contributed by atoms with E-state index in [0.29, 0.717) is 5.13 Å². The molecule has 0 amide bonds. The molecule has 3 aromatic rings. The van der Waals surface area contributed by atoms with E-state index >= 15 is 0 Å². The Morgan fingerprint density at radius 3 is 2.47 bits per heavy atom. The maximum absolute atomic E-state index is 5.69. The van der Waals surface area contributed by atoms with Crippen molar-refractivity contribution >= 4 is 43.7 Å². The molecule has 0 atom stereocenters. The highest BCUT2D eigenvalue weighted by Gasteiger charge is 2.03. The van der Waals surface area contributed by atoms with Crippen LogP contribution in [0.1, 0.15) is 0 Å². The Morgan fingerprint density at radius 2 is 1.71 bits per heavy atom. The molecule has 0 radical (unpaired) electrons. The Labute approximate surface area is 114 Å². The van der Waals surface area contributed by atoms with Crippen molar-refractivity contribution < 1.29 is 0 Å². The monoisotopic (exact) mass is 306 g/mol. The third-order valence-electron chi connectivity index (χ3n) is 2.51. The van der Waals surface area contributed by atoms with E-state index < -0.39 is 0 Å². The minimum atomic E-state index is 0. The number of fused-ring (bicyclic) bond motifs is 1.